The third-order valence-electron chi connectivity index (χ3n) is 2.49. The summed E-state index contributed by atoms with van der Waals surface area (Å²) in [5, 5.41) is 4.69. The van der Waals surface area contributed by atoms with Gasteiger partial charge >= 0.3 is 0 Å². The van der Waals surface area contributed by atoms with Crippen LogP contribution in [0.5, 0.6) is 0 Å². The Balaban J connectivity index is 2.36. The lowest BCUT2D eigenvalue weighted by Crippen LogP contribution is -2.44. The van der Waals surface area contributed by atoms with Crippen LogP contribution in [0.25, 0.3) is 0 Å². The third-order valence-corrected chi connectivity index (χ3v) is 3.12. The maximum Gasteiger partial charge on any atom is 0.237 e. The minimum absolute atomic E-state index is 0.0997. The number of hydrogen-bond donors (Lipinski definition) is 2. The van der Waals surface area contributed by atoms with Crippen molar-refractivity contribution >= 4 is 17.2 Å². The van der Waals surface area contributed by atoms with Crippen molar-refractivity contribution in [1.82, 2.24) is 10.3 Å². The van der Waals surface area contributed by atoms with Gasteiger partial charge < -0.3 is 11.1 Å². The van der Waals surface area contributed by atoms with E-state index in [1.807, 2.05) is 19.2 Å². The summed E-state index contributed by atoms with van der Waals surface area (Å²) in [5.41, 5.74) is 8.41. The number of rotatable bonds is 5. The molecule has 0 radical (unpaired) electrons. The second-order valence-corrected chi connectivity index (χ2v) is 4.33. The molecule has 5 heteroatoms. The van der Waals surface area contributed by atoms with Crippen LogP contribution < -0.4 is 11.1 Å². The van der Waals surface area contributed by atoms with E-state index < -0.39 is 6.04 Å². The van der Waals surface area contributed by atoms with Crippen molar-refractivity contribution in [2.24, 2.45) is 11.7 Å². The van der Waals surface area contributed by atoms with E-state index in [2.05, 4.69) is 10.3 Å². The summed E-state index contributed by atoms with van der Waals surface area (Å²) in [6, 6.07) is -0.423. The van der Waals surface area contributed by atoms with Crippen molar-refractivity contribution in [3.63, 3.8) is 0 Å². The fraction of sp³-hybridized carbons (Fsp3) is 0.600. The second kappa shape index (κ2) is 5.82. The first-order chi connectivity index (χ1) is 7.15. The van der Waals surface area contributed by atoms with Crippen molar-refractivity contribution in [3.05, 3.63) is 16.6 Å². The van der Waals surface area contributed by atoms with E-state index in [-0.39, 0.29) is 11.8 Å². The Morgan fingerprint density at radius 2 is 2.47 bits per heavy atom. The molecule has 2 atom stereocenters. The number of carbonyl (C=O) groups is 1. The van der Waals surface area contributed by atoms with Gasteiger partial charge in [0.05, 0.1) is 23.8 Å². The highest BCUT2D eigenvalue weighted by atomic mass is 32.1. The maximum atomic E-state index is 11.6. The van der Waals surface area contributed by atoms with Gasteiger partial charge in [-0.25, -0.2) is 4.98 Å². The molecule has 0 aliphatic heterocycles. The minimum Gasteiger partial charge on any atom is -0.349 e. The Labute approximate surface area is 93.9 Å². The largest absolute Gasteiger partial charge is 0.349 e. The van der Waals surface area contributed by atoms with Crippen LogP contribution >= 0.6 is 11.3 Å². The monoisotopic (exact) mass is 227 g/mol. The Hall–Kier alpha value is -0.940. The number of hydrogen-bond acceptors (Lipinski definition) is 4. The van der Waals surface area contributed by atoms with Crippen molar-refractivity contribution in [1.29, 1.82) is 0 Å². The molecular weight excluding hydrogens is 210 g/mol. The van der Waals surface area contributed by atoms with E-state index >= 15 is 0 Å². The molecule has 3 N–H and O–H groups in total. The summed E-state index contributed by atoms with van der Waals surface area (Å²) in [7, 11) is 0. The van der Waals surface area contributed by atoms with Crippen LogP contribution in [0, 0.1) is 5.92 Å². The van der Waals surface area contributed by atoms with E-state index in [0.29, 0.717) is 6.54 Å². The number of thiazole rings is 1. The topological polar surface area (TPSA) is 68.0 Å². The zero-order chi connectivity index (χ0) is 11.3. The molecule has 1 amide bonds. The van der Waals surface area contributed by atoms with Crippen molar-refractivity contribution in [2.45, 2.75) is 32.9 Å². The SMILES string of the molecule is CCC(C)[C@H](N)C(=O)NCc1cscn1. The first-order valence-corrected chi connectivity index (χ1v) is 5.99. The van der Waals surface area contributed by atoms with Crippen molar-refractivity contribution in [3.8, 4) is 0 Å². The average Bonchev–Trinajstić information content (AvgIpc) is 2.76. The number of nitrogens with zero attached hydrogens (tertiary/aromatic N) is 1. The number of nitrogens with one attached hydrogen (secondary N) is 1. The molecule has 0 fully saturated rings. The predicted octanol–water partition coefficient (Wildman–Crippen LogP) is 1.13. The zero-order valence-electron chi connectivity index (χ0n) is 9.06. The van der Waals surface area contributed by atoms with E-state index in [4.69, 9.17) is 5.73 Å². The summed E-state index contributed by atoms with van der Waals surface area (Å²) in [6.07, 6.45) is 0.908. The molecule has 0 saturated carbocycles. The van der Waals surface area contributed by atoms with Crippen LogP contribution in [0.15, 0.2) is 10.9 Å². The maximum absolute atomic E-state index is 11.6. The van der Waals surface area contributed by atoms with Gasteiger partial charge in [-0.15, -0.1) is 11.3 Å². The highest BCUT2D eigenvalue weighted by Gasteiger charge is 2.18. The number of aromatic nitrogens is 1. The summed E-state index contributed by atoms with van der Waals surface area (Å²) in [5.74, 6) is 0.109. The Morgan fingerprint density at radius 3 is 3.00 bits per heavy atom. The van der Waals surface area contributed by atoms with Crippen molar-refractivity contribution in [2.75, 3.05) is 0 Å². The van der Waals surface area contributed by atoms with Crippen LogP contribution in [0.3, 0.4) is 0 Å². The fourth-order valence-electron chi connectivity index (χ4n) is 1.13. The molecule has 0 bridgehead atoms. The molecule has 0 aliphatic rings. The Kier molecular flexibility index (Phi) is 4.71. The van der Waals surface area contributed by atoms with Gasteiger partial charge in [0, 0.05) is 5.38 Å². The van der Waals surface area contributed by atoms with Crippen LogP contribution in [0.1, 0.15) is 26.0 Å². The quantitative estimate of drug-likeness (QED) is 0.792. The van der Waals surface area contributed by atoms with Gasteiger partial charge in [0.1, 0.15) is 0 Å². The van der Waals surface area contributed by atoms with Gasteiger partial charge in [0.25, 0.3) is 0 Å². The smallest absolute Gasteiger partial charge is 0.237 e. The lowest BCUT2D eigenvalue weighted by Gasteiger charge is -2.17. The standard InChI is InChI=1S/C10H17N3OS/c1-3-7(2)9(11)10(14)12-4-8-5-15-6-13-8/h5-7,9H,3-4,11H2,1-2H3,(H,12,14)/t7?,9-/m0/s1. The van der Waals surface area contributed by atoms with Gasteiger partial charge in [-0.1, -0.05) is 20.3 Å². The molecule has 1 unspecified atom stereocenters. The molecule has 0 aliphatic carbocycles. The molecule has 1 rings (SSSR count). The van der Waals surface area contributed by atoms with E-state index in [1.165, 1.54) is 11.3 Å². The number of amides is 1. The highest BCUT2D eigenvalue weighted by Crippen LogP contribution is 2.06. The fourth-order valence-corrected chi connectivity index (χ4v) is 1.69. The molecule has 1 aromatic heterocycles. The van der Waals surface area contributed by atoms with Crippen LogP contribution in [0.4, 0.5) is 0 Å². The Morgan fingerprint density at radius 1 is 1.73 bits per heavy atom. The van der Waals surface area contributed by atoms with Crippen LogP contribution in [-0.2, 0) is 11.3 Å². The van der Waals surface area contributed by atoms with Gasteiger partial charge in [0.2, 0.25) is 5.91 Å². The van der Waals surface area contributed by atoms with E-state index in [9.17, 15) is 4.79 Å². The second-order valence-electron chi connectivity index (χ2n) is 3.61. The van der Waals surface area contributed by atoms with Gasteiger partial charge in [-0.05, 0) is 5.92 Å². The molecule has 1 aromatic rings. The molecule has 4 nitrogen and oxygen atoms in total. The normalized spacial score (nSPS) is 14.6. The summed E-state index contributed by atoms with van der Waals surface area (Å²) in [4.78, 5) is 15.7. The predicted molar refractivity (Wildman–Crippen MR) is 61.4 cm³/mol. The molecule has 0 aromatic carbocycles. The summed E-state index contributed by atoms with van der Waals surface area (Å²) >= 11 is 1.52. The van der Waals surface area contributed by atoms with Gasteiger partial charge in [-0.3, -0.25) is 4.79 Å². The molecular formula is C10H17N3OS. The van der Waals surface area contributed by atoms with Crippen LogP contribution in [0.2, 0.25) is 0 Å². The lowest BCUT2D eigenvalue weighted by atomic mass is 9.99. The molecule has 0 spiro atoms. The van der Waals surface area contributed by atoms with Crippen LogP contribution in [-0.4, -0.2) is 16.9 Å². The van der Waals surface area contributed by atoms with Crippen molar-refractivity contribution < 1.29 is 4.79 Å². The Bertz CT molecular complexity index is 300. The highest BCUT2D eigenvalue weighted by molar-refractivity contribution is 7.07. The number of nitrogens with two attached hydrogens (primary N) is 1. The summed E-state index contributed by atoms with van der Waals surface area (Å²) in [6.45, 7) is 4.47. The van der Waals surface area contributed by atoms with Gasteiger partial charge in [-0.2, -0.15) is 0 Å². The van der Waals surface area contributed by atoms with E-state index in [0.717, 1.165) is 12.1 Å². The first kappa shape index (κ1) is 12.1. The first-order valence-electron chi connectivity index (χ1n) is 5.05. The zero-order valence-corrected chi connectivity index (χ0v) is 9.88. The number of carbonyl (C=O) groups excluding carboxylic acids is 1. The molecule has 15 heavy (non-hydrogen) atoms. The average molecular weight is 227 g/mol. The molecule has 84 valence electrons. The van der Waals surface area contributed by atoms with E-state index in [1.54, 1.807) is 5.51 Å². The third kappa shape index (κ3) is 3.60. The van der Waals surface area contributed by atoms with Gasteiger partial charge in [0.15, 0.2) is 0 Å². The lowest BCUT2D eigenvalue weighted by molar-refractivity contribution is -0.123. The minimum atomic E-state index is -0.423. The summed E-state index contributed by atoms with van der Waals surface area (Å²) < 4.78 is 0. The molecule has 1 heterocycles. The molecule has 0 saturated heterocycles.